The Bertz CT molecular complexity index is 495. The number of halogens is 1. The Morgan fingerprint density at radius 1 is 1.20 bits per heavy atom. The smallest absolute Gasteiger partial charge is 0.149 e. The molecule has 15 heavy (non-hydrogen) atoms. The molecule has 0 aliphatic rings. The van der Waals surface area contributed by atoms with Crippen molar-refractivity contribution in [3.05, 3.63) is 48.0 Å². The van der Waals surface area contributed by atoms with E-state index in [2.05, 4.69) is 4.98 Å². The van der Waals surface area contributed by atoms with Crippen molar-refractivity contribution in [3.63, 3.8) is 0 Å². The first-order valence-corrected chi connectivity index (χ1v) is 4.64. The molecule has 2 N–H and O–H groups in total. The summed E-state index contributed by atoms with van der Waals surface area (Å²) in [6, 6.07) is 7.10. The Hall–Kier alpha value is -1.90. The van der Waals surface area contributed by atoms with Gasteiger partial charge in [0.25, 0.3) is 0 Å². The fourth-order valence-electron chi connectivity index (χ4n) is 1.52. The van der Waals surface area contributed by atoms with Crippen molar-refractivity contribution in [1.82, 2.24) is 4.98 Å². The molecule has 1 aromatic heterocycles. The van der Waals surface area contributed by atoms with Crippen molar-refractivity contribution in [2.75, 3.05) is 5.73 Å². The quantitative estimate of drug-likeness (QED) is 0.722. The molecule has 0 saturated heterocycles. The standard InChI is InChI=1S/C12H11FN2/c1-8-2-3-9(14)6-11(8)10-4-5-15-7-12(10)13/h2-7H,14H2,1H3. The third-order valence-electron chi connectivity index (χ3n) is 2.32. The first-order valence-electron chi connectivity index (χ1n) is 4.64. The van der Waals surface area contributed by atoms with Gasteiger partial charge in [0.15, 0.2) is 0 Å². The zero-order valence-corrected chi connectivity index (χ0v) is 8.37. The summed E-state index contributed by atoms with van der Waals surface area (Å²) in [5, 5.41) is 0. The minimum atomic E-state index is -0.328. The monoisotopic (exact) mass is 202 g/mol. The van der Waals surface area contributed by atoms with Gasteiger partial charge in [0.05, 0.1) is 6.20 Å². The number of nitrogens with two attached hydrogens (primary N) is 1. The van der Waals surface area contributed by atoms with Crippen molar-refractivity contribution in [3.8, 4) is 11.1 Å². The predicted octanol–water partition coefficient (Wildman–Crippen LogP) is 2.78. The van der Waals surface area contributed by atoms with E-state index in [1.54, 1.807) is 24.4 Å². The van der Waals surface area contributed by atoms with E-state index < -0.39 is 0 Å². The van der Waals surface area contributed by atoms with Gasteiger partial charge in [0.1, 0.15) is 5.82 Å². The number of rotatable bonds is 1. The minimum absolute atomic E-state index is 0.328. The van der Waals surface area contributed by atoms with Crippen molar-refractivity contribution < 1.29 is 4.39 Å². The van der Waals surface area contributed by atoms with Crippen LogP contribution in [0, 0.1) is 12.7 Å². The fourth-order valence-corrected chi connectivity index (χ4v) is 1.52. The molecule has 2 rings (SSSR count). The molecule has 0 atom stereocenters. The highest BCUT2D eigenvalue weighted by Crippen LogP contribution is 2.26. The Labute approximate surface area is 87.6 Å². The predicted molar refractivity (Wildman–Crippen MR) is 58.8 cm³/mol. The lowest BCUT2D eigenvalue weighted by atomic mass is 10.0. The van der Waals surface area contributed by atoms with E-state index in [1.807, 2.05) is 13.0 Å². The topological polar surface area (TPSA) is 38.9 Å². The van der Waals surface area contributed by atoms with Crippen LogP contribution in [-0.4, -0.2) is 4.98 Å². The number of hydrogen-bond donors (Lipinski definition) is 1. The lowest BCUT2D eigenvalue weighted by molar-refractivity contribution is 0.625. The summed E-state index contributed by atoms with van der Waals surface area (Å²) >= 11 is 0. The van der Waals surface area contributed by atoms with Gasteiger partial charge >= 0.3 is 0 Å². The molecule has 0 saturated carbocycles. The molecule has 0 aliphatic heterocycles. The maximum Gasteiger partial charge on any atom is 0.149 e. The van der Waals surface area contributed by atoms with Crippen LogP contribution in [0.4, 0.5) is 10.1 Å². The third kappa shape index (κ3) is 1.81. The molecule has 0 unspecified atom stereocenters. The Morgan fingerprint density at radius 3 is 2.73 bits per heavy atom. The summed E-state index contributed by atoms with van der Waals surface area (Å²) in [5.74, 6) is -0.328. The average molecular weight is 202 g/mol. The van der Waals surface area contributed by atoms with Gasteiger partial charge in [0, 0.05) is 17.4 Å². The van der Waals surface area contributed by atoms with Gasteiger partial charge in [-0.2, -0.15) is 0 Å². The lowest BCUT2D eigenvalue weighted by Crippen LogP contribution is -1.91. The highest BCUT2D eigenvalue weighted by atomic mass is 19.1. The SMILES string of the molecule is Cc1ccc(N)cc1-c1ccncc1F. The molecule has 0 bridgehead atoms. The lowest BCUT2D eigenvalue weighted by Gasteiger charge is -2.07. The van der Waals surface area contributed by atoms with E-state index >= 15 is 0 Å². The van der Waals surface area contributed by atoms with Crippen LogP contribution < -0.4 is 5.73 Å². The number of nitrogens with zero attached hydrogens (tertiary/aromatic N) is 1. The number of aromatic nitrogens is 1. The Kier molecular flexibility index (Phi) is 2.37. The molecule has 1 heterocycles. The van der Waals surface area contributed by atoms with Gasteiger partial charge < -0.3 is 5.73 Å². The molecule has 0 spiro atoms. The first-order chi connectivity index (χ1) is 7.18. The van der Waals surface area contributed by atoms with Crippen LogP contribution in [0.1, 0.15) is 5.56 Å². The molecular formula is C12H11FN2. The molecule has 0 fully saturated rings. The van der Waals surface area contributed by atoms with Crippen molar-refractivity contribution in [2.45, 2.75) is 6.92 Å². The number of aryl methyl sites for hydroxylation is 1. The highest BCUT2D eigenvalue weighted by molar-refractivity contribution is 5.70. The molecule has 0 amide bonds. The molecule has 2 aromatic rings. The first kappa shape index (κ1) is 9.65. The van der Waals surface area contributed by atoms with E-state index in [0.717, 1.165) is 11.1 Å². The van der Waals surface area contributed by atoms with Crippen LogP contribution in [0.15, 0.2) is 36.7 Å². The van der Waals surface area contributed by atoms with Gasteiger partial charge in [-0.05, 0) is 36.2 Å². The van der Waals surface area contributed by atoms with Gasteiger partial charge in [-0.3, -0.25) is 4.98 Å². The van der Waals surface area contributed by atoms with Gasteiger partial charge in [-0.25, -0.2) is 4.39 Å². The number of anilines is 1. The second kappa shape index (κ2) is 3.69. The Morgan fingerprint density at radius 2 is 2.00 bits per heavy atom. The summed E-state index contributed by atoms with van der Waals surface area (Å²) in [5.41, 5.74) is 8.65. The van der Waals surface area contributed by atoms with E-state index in [1.165, 1.54) is 6.20 Å². The Balaban J connectivity index is 2.64. The average Bonchev–Trinajstić information content (AvgIpc) is 2.23. The second-order valence-electron chi connectivity index (χ2n) is 3.43. The number of hydrogen-bond acceptors (Lipinski definition) is 2. The molecule has 3 heteroatoms. The van der Waals surface area contributed by atoms with Crippen LogP contribution in [0.25, 0.3) is 11.1 Å². The summed E-state index contributed by atoms with van der Waals surface area (Å²) in [7, 11) is 0. The van der Waals surface area contributed by atoms with Crippen LogP contribution >= 0.6 is 0 Å². The van der Waals surface area contributed by atoms with E-state index in [4.69, 9.17) is 5.73 Å². The summed E-state index contributed by atoms with van der Waals surface area (Å²) in [6.45, 7) is 1.93. The molecule has 0 radical (unpaired) electrons. The molecular weight excluding hydrogens is 191 g/mol. The summed E-state index contributed by atoms with van der Waals surface area (Å²) < 4.78 is 13.5. The second-order valence-corrected chi connectivity index (χ2v) is 3.43. The largest absolute Gasteiger partial charge is 0.399 e. The van der Waals surface area contributed by atoms with Gasteiger partial charge in [0.2, 0.25) is 0 Å². The number of benzene rings is 1. The van der Waals surface area contributed by atoms with E-state index in [9.17, 15) is 4.39 Å². The zero-order chi connectivity index (χ0) is 10.8. The van der Waals surface area contributed by atoms with Crippen molar-refractivity contribution >= 4 is 5.69 Å². The molecule has 0 aliphatic carbocycles. The third-order valence-corrected chi connectivity index (χ3v) is 2.32. The maximum absolute atomic E-state index is 13.5. The summed E-state index contributed by atoms with van der Waals surface area (Å²) in [4.78, 5) is 3.72. The van der Waals surface area contributed by atoms with Crippen molar-refractivity contribution in [2.24, 2.45) is 0 Å². The molecule has 1 aromatic carbocycles. The molecule has 2 nitrogen and oxygen atoms in total. The summed E-state index contributed by atoms with van der Waals surface area (Å²) in [6.07, 6.45) is 2.78. The van der Waals surface area contributed by atoms with Crippen molar-refractivity contribution in [1.29, 1.82) is 0 Å². The van der Waals surface area contributed by atoms with Crippen LogP contribution in [0.3, 0.4) is 0 Å². The number of nitrogen functional groups attached to an aromatic ring is 1. The molecule has 76 valence electrons. The maximum atomic E-state index is 13.5. The van der Waals surface area contributed by atoms with Gasteiger partial charge in [-0.15, -0.1) is 0 Å². The normalized spacial score (nSPS) is 10.3. The fraction of sp³-hybridized carbons (Fsp3) is 0.0833. The highest BCUT2D eigenvalue weighted by Gasteiger charge is 2.07. The van der Waals surface area contributed by atoms with Crippen LogP contribution in [0.5, 0.6) is 0 Å². The van der Waals surface area contributed by atoms with Gasteiger partial charge in [-0.1, -0.05) is 6.07 Å². The van der Waals surface area contributed by atoms with Crippen LogP contribution in [-0.2, 0) is 0 Å². The van der Waals surface area contributed by atoms with Crippen LogP contribution in [0.2, 0.25) is 0 Å². The van der Waals surface area contributed by atoms with E-state index in [0.29, 0.717) is 11.3 Å². The zero-order valence-electron chi connectivity index (χ0n) is 8.37. The minimum Gasteiger partial charge on any atom is -0.399 e. The van der Waals surface area contributed by atoms with E-state index in [-0.39, 0.29) is 5.82 Å². The number of pyridine rings is 1.